The molecule has 0 fully saturated rings. The topological polar surface area (TPSA) is 124 Å². The lowest BCUT2D eigenvalue weighted by molar-refractivity contribution is -0.389. The van der Waals surface area contributed by atoms with Crippen LogP contribution in [0.4, 0.5) is 29.5 Å². The number of rotatable bonds is 4. The average molecular weight is 448 g/mol. The molecule has 1 aromatic carbocycles. The Balaban J connectivity index is 1.37. The van der Waals surface area contributed by atoms with Crippen LogP contribution in [0.1, 0.15) is 5.69 Å². The largest absolute Gasteiger partial charge is 0.444 e. The quantitative estimate of drug-likeness (QED) is 0.465. The first-order valence-electron chi connectivity index (χ1n) is 9.24. The van der Waals surface area contributed by atoms with Gasteiger partial charge in [-0.15, -0.1) is 0 Å². The zero-order valence-corrected chi connectivity index (χ0v) is 16.2. The molecule has 0 unspecified atom stereocenters. The first-order chi connectivity index (χ1) is 15.2. The Morgan fingerprint density at radius 3 is 2.66 bits per heavy atom. The molecule has 1 aliphatic heterocycles. The zero-order chi connectivity index (χ0) is 22.9. The molecule has 166 valence electrons. The number of carbonyl (C=O) groups is 1. The predicted molar refractivity (Wildman–Crippen MR) is 105 cm³/mol. The molecule has 3 heterocycles. The number of pyridine rings is 1. The molecule has 3 aromatic rings. The molecule has 0 saturated carbocycles. The molecule has 0 radical (unpaired) electrons. The minimum Gasteiger partial charge on any atom is -0.444 e. The van der Waals surface area contributed by atoms with E-state index in [0.29, 0.717) is 16.8 Å². The van der Waals surface area contributed by atoms with Gasteiger partial charge in [-0.2, -0.15) is 13.2 Å². The summed E-state index contributed by atoms with van der Waals surface area (Å²) >= 11 is 0. The highest BCUT2D eigenvalue weighted by molar-refractivity contribution is 5.89. The number of urea groups is 1. The first kappa shape index (κ1) is 21.1. The number of fused-ring (bicyclic) bond motifs is 1. The second kappa shape index (κ2) is 8.17. The Labute approximate surface area is 178 Å². The van der Waals surface area contributed by atoms with Gasteiger partial charge < -0.3 is 25.5 Å². The SMILES string of the molecule is O=C(Nc1ccc(-c2ccnc(C(F)(F)F)c2)cc1)N[C@@H]1COc2nc([N+](=O)[O-])cn2C1. The number of imidazole rings is 1. The maximum absolute atomic E-state index is 12.8. The number of nitrogens with one attached hydrogen (secondary N) is 2. The highest BCUT2D eigenvalue weighted by Crippen LogP contribution is 2.30. The van der Waals surface area contributed by atoms with Crippen LogP contribution >= 0.6 is 0 Å². The smallest absolute Gasteiger partial charge is 0.433 e. The fourth-order valence-electron chi connectivity index (χ4n) is 3.14. The third-order valence-electron chi connectivity index (χ3n) is 4.61. The van der Waals surface area contributed by atoms with Gasteiger partial charge in [0.2, 0.25) is 0 Å². The summed E-state index contributed by atoms with van der Waals surface area (Å²) < 4.78 is 45.3. The Bertz CT molecular complexity index is 1160. The monoisotopic (exact) mass is 448 g/mol. The molecule has 0 aliphatic carbocycles. The van der Waals surface area contributed by atoms with Crippen molar-refractivity contribution in [3.8, 4) is 17.1 Å². The van der Waals surface area contributed by atoms with Crippen LogP contribution in [0.3, 0.4) is 0 Å². The fourth-order valence-corrected chi connectivity index (χ4v) is 3.14. The van der Waals surface area contributed by atoms with Crippen molar-refractivity contribution in [1.29, 1.82) is 0 Å². The number of alkyl halides is 3. The van der Waals surface area contributed by atoms with E-state index in [2.05, 4.69) is 20.6 Å². The molecule has 0 saturated heterocycles. The van der Waals surface area contributed by atoms with Gasteiger partial charge in [-0.25, -0.2) is 4.79 Å². The van der Waals surface area contributed by atoms with Crippen LogP contribution in [-0.4, -0.2) is 38.1 Å². The van der Waals surface area contributed by atoms with Crippen LogP contribution in [0.5, 0.6) is 6.01 Å². The number of ether oxygens (including phenoxy) is 1. The van der Waals surface area contributed by atoms with Gasteiger partial charge in [0.1, 0.15) is 18.5 Å². The van der Waals surface area contributed by atoms with Crippen LogP contribution in [0.15, 0.2) is 48.8 Å². The maximum Gasteiger partial charge on any atom is 0.433 e. The van der Waals surface area contributed by atoms with Gasteiger partial charge in [0.15, 0.2) is 0 Å². The van der Waals surface area contributed by atoms with E-state index in [1.165, 1.54) is 16.8 Å². The molecule has 4 rings (SSSR count). The highest BCUT2D eigenvalue weighted by Gasteiger charge is 2.32. The van der Waals surface area contributed by atoms with Crippen molar-refractivity contribution in [2.24, 2.45) is 0 Å². The van der Waals surface area contributed by atoms with Crippen molar-refractivity contribution in [2.75, 3.05) is 11.9 Å². The normalized spacial score (nSPS) is 15.4. The lowest BCUT2D eigenvalue weighted by Crippen LogP contribution is -2.46. The van der Waals surface area contributed by atoms with Gasteiger partial charge in [0, 0.05) is 16.9 Å². The summed E-state index contributed by atoms with van der Waals surface area (Å²) in [5, 5.41) is 16.1. The van der Waals surface area contributed by atoms with Crippen LogP contribution in [0.2, 0.25) is 0 Å². The second-order valence-electron chi connectivity index (χ2n) is 6.90. The van der Waals surface area contributed by atoms with Crippen LogP contribution in [0.25, 0.3) is 11.1 Å². The predicted octanol–water partition coefficient (Wildman–Crippen LogP) is 3.45. The molecule has 10 nitrogen and oxygen atoms in total. The van der Waals surface area contributed by atoms with E-state index in [4.69, 9.17) is 4.74 Å². The van der Waals surface area contributed by atoms with Crippen molar-refractivity contribution in [1.82, 2.24) is 19.9 Å². The van der Waals surface area contributed by atoms with Crippen molar-refractivity contribution in [2.45, 2.75) is 18.8 Å². The number of benzene rings is 1. The lowest BCUT2D eigenvalue weighted by atomic mass is 10.1. The average Bonchev–Trinajstić information content (AvgIpc) is 3.17. The Morgan fingerprint density at radius 2 is 1.97 bits per heavy atom. The maximum atomic E-state index is 12.8. The Morgan fingerprint density at radius 1 is 1.22 bits per heavy atom. The molecule has 13 heteroatoms. The first-order valence-corrected chi connectivity index (χ1v) is 9.24. The third kappa shape index (κ3) is 4.61. The molecule has 32 heavy (non-hydrogen) atoms. The number of nitro groups is 1. The van der Waals surface area contributed by atoms with Gasteiger partial charge in [-0.1, -0.05) is 12.1 Å². The van der Waals surface area contributed by atoms with Crippen molar-refractivity contribution < 1.29 is 27.6 Å². The highest BCUT2D eigenvalue weighted by atomic mass is 19.4. The number of anilines is 1. The second-order valence-corrected chi connectivity index (χ2v) is 6.90. The van der Waals surface area contributed by atoms with Crippen LogP contribution < -0.4 is 15.4 Å². The summed E-state index contributed by atoms with van der Waals surface area (Å²) in [4.78, 5) is 29.5. The van der Waals surface area contributed by atoms with E-state index in [1.807, 2.05) is 0 Å². The third-order valence-corrected chi connectivity index (χ3v) is 4.61. The number of amides is 2. The van der Waals surface area contributed by atoms with Crippen LogP contribution in [-0.2, 0) is 12.7 Å². The molecule has 2 aromatic heterocycles. The van der Waals surface area contributed by atoms with E-state index in [-0.39, 0.29) is 25.0 Å². The minimum atomic E-state index is -4.54. The molecular weight excluding hydrogens is 433 g/mol. The van der Waals surface area contributed by atoms with E-state index in [1.54, 1.807) is 24.3 Å². The number of hydrogen-bond donors (Lipinski definition) is 2. The van der Waals surface area contributed by atoms with E-state index < -0.39 is 28.9 Å². The van der Waals surface area contributed by atoms with Gasteiger partial charge in [-0.05, 0) is 40.3 Å². The summed E-state index contributed by atoms with van der Waals surface area (Å²) in [5.74, 6) is -0.346. The minimum absolute atomic E-state index is 0.0874. The van der Waals surface area contributed by atoms with E-state index >= 15 is 0 Å². The van der Waals surface area contributed by atoms with E-state index in [0.717, 1.165) is 12.3 Å². The van der Waals surface area contributed by atoms with E-state index in [9.17, 15) is 28.1 Å². The summed E-state index contributed by atoms with van der Waals surface area (Å²) in [5.41, 5.74) is 0.302. The van der Waals surface area contributed by atoms with Crippen molar-refractivity contribution >= 4 is 17.5 Å². The summed E-state index contributed by atoms with van der Waals surface area (Å²) in [6, 6.07) is 7.79. The molecule has 0 spiro atoms. The standard InChI is InChI=1S/C19H15F3N6O4/c20-19(21,22)15-7-12(5-6-23-15)11-1-3-13(4-2-11)24-17(29)25-14-8-27-9-16(28(30)31)26-18(27)32-10-14/h1-7,9,14H,8,10H2,(H2,24,25,29)/t14-/m0/s1. The molecular formula is C19H15F3N6O4. The van der Waals surface area contributed by atoms with Gasteiger partial charge in [-0.3, -0.25) is 9.55 Å². The molecule has 0 bridgehead atoms. The zero-order valence-electron chi connectivity index (χ0n) is 16.2. The van der Waals surface area contributed by atoms with Gasteiger partial charge in [0.05, 0.1) is 12.6 Å². The molecule has 1 atom stereocenters. The lowest BCUT2D eigenvalue weighted by Gasteiger charge is -2.23. The molecule has 2 amide bonds. The summed E-state index contributed by atoms with van der Waals surface area (Å²) in [7, 11) is 0. The number of halogens is 3. The summed E-state index contributed by atoms with van der Waals surface area (Å²) in [6.07, 6.45) is -2.23. The Hall–Kier alpha value is -4.16. The van der Waals surface area contributed by atoms with Crippen LogP contribution in [0, 0.1) is 10.1 Å². The molecule has 1 aliphatic rings. The number of nitrogens with zero attached hydrogens (tertiary/aromatic N) is 4. The fraction of sp³-hybridized carbons (Fsp3) is 0.211. The van der Waals surface area contributed by atoms with Gasteiger partial charge >= 0.3 is 24.0 Å². The summed E-state index contributed by atoms with van der Waals surface area (Å²) in [6.45, 7) is 0.330. The van der Waals surface area contributed by atoms with Crippen molar-refractivity contribution in [3.63, 3.8) is 0 Å². The Kier molecular flexibility index (Phi) is 5.38. The van der Waals surface area contributed by atoms with Crippen molar-refractivity contribution in [3.05, 3.63) is 64.6 Å². The number of aromatic nitrogens is 3. The number of carbonyl (C=O) groups excluding carboxylic acids is 1. The van der Waals surface area contributed by atoms with Gasteiger partial charge in [0.25, 0.3) is 0 Å². The number of hydrogen-bond acceptors (Lipinski definition) is 6. The molecule has 2 N–H and O–H groups in total.